The van der Waals surface area contributed by atoms with Crippen LogP contribution in [-0.4, -0.2) is 55.0 Å². The Morgan fingerprint density at radius 2 is 1.66 bits per heavy atom. The van der Waals surface area contributed by atoms with Crippen molar-refractivity contribution in [1.82, 2.24) is 10.6 Å². The lowest BCUT2D eigenvalue weighted by Crippen LogP contribution is -2.54. The predicted octanol–water partition coefficient (Wildman–Crippen LogP) is 3.55. The highest BCUT2D eigenvalue weighted by atomic mass is 16.5. The number of amides is 2. The molecule has 2 aliphatic rings. The van der Waals surface area contributed by atoms with Gasteiger partial charge in [0.05, 0.1) is 18.6 Å². The van der Waals surface area contributed by atoms with Gasteiger partial charge in [-0.3, -0.25) is 9.59 Å². The molecule has 0 saturated carbocycles. The summed E-state index contributed by atoms with van der Waals surface area (Å²) >= 11 is 0. The van der Waals surface area contributed by atoms with Crippen LogP contribution in [0.1, 0.15) is 44.2 Å². The van der Waals surface area contributed by atoms with E-state index in [1.54, 1.807) is 0 Å². The van der Waals surface area contributed by atoms with Gasteiger partial charge in [-0.25, -0.2) is 4.79 Å². The van der Waals surface area contributed by atoms with Crippen molar-refractivity contribution < 1.29 is 29.0 Å². The van der Waals surface area contributed by atoms with Gasteiger partial charge in [0, 0.05) is 12.5 Å². The Morgan fingerprint density at radius 3 is 2.20 bits per heavy atom. The Hall–Kier alpha value is -3.39. The molecule has 186 valence electrons. The Labute approximate surface area is 205 Å². The lowest BCUT2D eigenvalue weighted by molar-refractivity contribution is -0.141. The fraction of sp³-hybridized carbons (Fsp3) is 0.444. The van der Waals surface area contributed by atoms with Crippen LogP contribution in [0.3, 0.4) is 0 Å². The molecule has 0 bridgehead atoms. The van der Waals surface area contributed by atoms with E-state index in [1.165, 1.54) is 0 Å². The van der Waals surface area contributed by atoms with E-state index in [-0.39, 0.29) is 37.7 Å². The third kappa shape index (κ3) is 5.48. The lowest BCUT2D eigenvalue weighted by atomic mass is 9.86. The molecule has 8 nitrogen and oxygen atoms in total. The van der Waals surface area contributed by atoms with Crippen LogP contribution in [0.4, 0.5) is 4.79 Å². The van der Waals surface area contributed by atoms with E-state index in [9.17, 15) is 14.4 Å². The first kappa shape index (κ1) is 24.7. The molecule has 0 unspecified atom stereocenters. The number of carboxylic acid groups (broad SMARTS) is 1. The maximum absolute atomic E-state index is 12.9. The van der Waals surface area contributed by atoms with Gasteiger partial charge in [-0.1, -0.05) is 69.3 Å². The normalized spacial score (nSPS) is 20.0. The molecular weight excluding hydrogens is 448 g/mol. The second-order valence-electron chi connectivity index (χ2n) is 10.2. The van der Waals surface area contributed by atoms with Crippen molar-refractivity contribution in [2.75, 3.05) is 19.8 Å². The van der Waals surface area contributed by atoms with Crippen LogP contribution in [-0.2, 0) is 19.1 Å². The second kappa shape index (κ2) is 10.1. The molecule has 1 aliphatic heterocycles. The monoisotopic (exact) mass is 480 g/mol. The number of fused-ring (bicyclic) bond motifs is 3. The summed E-state index contributed by atoms with van der Waals surface area (Å²) in [7, 11) is 0. The van der Waals surface area contributed by atoms with Crippen molar-refractivity contribution in [3.63, 3.8) is 0 Å². The predicted molar refractivity (Wildman–Crippen MR) is 130 cm³/mol. The highest BCUT2D eigenvalue weighted by molar-refractivity contribution is 5.86. The molecule has 2 aromatic rings. The Morgan fingerprint density at radius 1 is 1.06 bits per heavy atom. The standard InChI is InChI=1S/C27H32N2O6/c1-27(2,3)23(24(30)28-13-17-12-16(14-34-17)25(31)32)29-26(33)35-15-22-20-10-6-4-8-18(20)19-9-5-7-11-21(19)22/h4-11,16-17,22-23H,12-15H2,1-3H3,(H,28,30)(H,29,33)(H,31,32)/t16-,17-,23+/m0/s1. The number of carbonyl (C=O) groups excluding carboxylic acids is 2. The summed E-state index contributed by atoms with van der Waals surface area (Å²) in [6.07, 6.45) is -0.685. The number of ether oxygens (including phenoxy) is 2. The molecule has 2 amide bonds. The van der Waals surface area contributed by atoms with E-state index in [0.29, 0.717) is 6.42 Å². The molecule has 1 fully saturated rings. The van der Waals surface area contributed by atoms with E-state index in [1.807, 2.05) is 57.2 Å². The summed E-state index contributed by atoms with van der Waals surface area (Å²) in [5.74, 6) is -1.90. The Bertz CT molecular complexity index is 1060. The first-order valence-corrected chi connectivity index (χ1v) is 11.9. The first-order chi connectivity index (χ1) is 16.6. The van der Waals surface area contributed by atoms with Gasteiger partial charge in [0.25, 0.3) is 0 Å². The van der Waals surface area contributed by atoms with Crippen LogP contribution in [0.5, 0.6) is 0 Å². The van der Waals surface area contributed by atoms with Crippen molar-refractivity contribution in [2.24, 2.45) is 11.3 Å². The van der Waals surface area contributed by atoms with Crippen LogP contribution < -0.4 is 10.6 Å². The maximum atomic E-state index is 12.9. The molecule has 0 aromatic heterocycles. The van der Waals surface area contributed by atoms with Gasteiger partial charge in [0.15, 0.2) is 0 Å². The third-order valence-electron chi connectivity index (χ3n) is 6.67. The van der Waals surface area contributed by atoms with E-state index in [2.05, 4.69) is 22.8 Å². The molecule has 3 atom stereocenters. The van der Waals surface area contributed by atoms with Crippen LogP contribution in [0.2, 0.25) is 0 Å². The minimum absolute atomic E-state index is 0.0724. The zero-order valence-electron chi connectivity index (χ0n) is 20.2. The average molecular weight is 481 g/mol. The molecule has 35 heavy (non-hydrogen) atoms. The average Bonchev–Trinajstić information content (AvgIpc) is 3.42. The Balaban J connectivity index is 1.35. The number of alkyl carbamates (subject to hydrolysis) is 1. The maximum Gasteiger partial charge on any atom is 0.407 e. The van der Waals surface area contributed by atoms with Crippen LogP contribution >= 0.6 is 0 Å². The van der Waals surface area contributed by atoms with Crippen molar-refractivity contribution in [2.45, 2.75) is 45.3 Å². The molecule has 8 heteroatoms. The molecule has 3 N–H and O–H groups in total. The topological polar surface area (TPSA) is 114 Å². The number of rotatable bonds is 7. The fourth-order valence-electron chi connectivity index (χ4n) is 4.77. The summed E-state index contributed by atoms with van der Waals surface area (Å²) < 4.78 is 11.1. The van der Waals surface area contributed by atoms with Gasteiger partial charge in [-0.15, -0.1) is 0 Å². The van der Waals surface area contributed by atoms with E-state index >= 15 is 0 Å². The number of carboxylic acids is 1. The first-order valence-electron chi connectivity index (χ1n) is 11.9. The molecule has 1 heterocycles. The molecule has 2 aromatic carbocycles. The van der Waals surface area contributed by atoms with Crippen LogP contribution in [0.15, 0.2) is 48.5 Å². The molecule has 4 rings (SSSR count). The van der Waals surface area contributed by atoms with Gasteiger partial charge in [0.2, 0.25) is 5.91 Å². The zero-order chi connectivity index (χ0) is 25.2. The van der Waals surface area contributed by atoms with Crippen molar-refractivity contribution in [1.29, 1.82) is 0 Å². The smallest absolute Gasteiger partial charge is 0.407 e. The Kier molecular flexibility index (Phi) is 7.12. The molecule has 1 saturated heterocycles. The minimum atomic E-state index is -0.900. The van der Waals surface area contributed by atoms with E-state index in [0.717, 1.165) is 22.3 Å². The van der Waals surface area contributed by atoms with Crippen molar-refractivity contribution in [3.05, 3.63) is 59.7 Å². The van der Waals surface area contributed by atoms with Gasteiger partial charge in [-0.05, 0) is 34.1 Å². The largest absolute Gasteiger partial charge is 0.481 e. The van der Waals surface area contributed by atoms with Gasteiger partial charge >= 0.3 is 12.1 Å². The van der Waals surface area contributed by atoms with Crippen LogP contribution in [0, 0.1) is 11.3 Å². The van der Waals surface area contributed by atoms with Crippen molar-refractivity contribution in [3.8, 4) is 11.1 Å². The minimum Gasteiger partial charge on any atom is -0.481 e. The summed E-state index contributed by atoms with van der Waals surface area (Å²) in [6, 6.07) is 15.3. The highest BCUT2D eigenvalue weighted by Crippen LogP contribution is 2.44. The summed E-state index contributed by atoms with van der Waals surface area (Å²) in [5.41, 5.74) is 3.94. The van der Waals surface area contributed by atoms with Crippen LogP contribution in [0.25, 0.3) is 11.1 Å². The van der Waals surface area contributed by atoms with Crippen molar-refractivity contribution >= 4 is 18.0 Å². The summed E-state index contributed by atoms with van der Waals surface area (Å²) in [5, 5.41) is 14.6. The molecule has 1 aliphatic carbocycles. The van der Waals surface area contributed by atoms with Gasteiger partial charge in [0.1, 0.15) is 12.6 Å². The summed E-state index contributed by atoms with van der Waals surface area (Å²) in [4.78, 5) is 36.8. The quantitative estimate of drug-likeness (QED) is 0.559. The SMILES string of the molecule is CC(C)(C)[C@H](NC(=O)OCC1c2ccccc2-c2ccccc21)C(=O)NC[C@@H]1C[C@H](C(=O)O)CO1. The number of benzene rings is 2. The fourth-order valence-corrected chi connectivity index (χ4v) is 4.77. The number of carbonyl (C=O) groups is 3. The number of hydrogen-bond acceptors (Lipinski definition) is 5. The molecule has 0 radical (unpaired) electrons. The lowest BCUT2D eigenvalue weighted by Gasteiger charge is -2.30. The number of nitrogens with one attached hydrogen (secondary N) is 2. The van der Waals surface area contributed by atoms with E-state index < -0.39 is 29.4 Å². The van der Waals surface area contributed by atoms with Gasteiger partial charge < -0.3 is 25.2 Å². The zero-order valence-corrected chi connectivity index (χ0v) is 20.2. The molecular formula is C27H32N2O6. The number of aliphatic carboxylic acids is 1. The summed E-state index contributed by atoms with van der Waals surface area (Å²) in [6.45, 7) is 6.04. The van der Waals surface area contributed by atoms with Gasteiger partial charge in [-0.2, -0.15) is 0 Å². The third-order valence-corrected chi connectivity index (χ3v) is 6.67. The second-order valence-corrected chi connectivity index (χ2v) is 10.2. The molecule has 0 spiro atoms. The highest BCUT2D eigenvalue weighted by Gasteiger charge is 2.36. The number of hydrogen-bond donors (Lipinski definition) is 3. The van der Waals surface area contributed by atoms with E-state index in [4.69, 9.17) is 14.6 Å².